The van der Waals surface area contributed by atoms with E-state index in [1.165, 1.54) is 12.1 Å². The number of ether oxygens (including phenoxy) is 1. The first-order valence-electron chi connectivity index (χ1n) is 10.6. The fraction of sp³-hybridized carbons (Fsp3) is 0.292. The maximum atomic E-state index is 14.9. The molecule has 1 aliphatic rings. The molecule has 0 amide bonds. The molecule has 0 saturated carbocycles. The average Bonchev–Trinajstić information content (AvgIpc) is 2.82. The van der Waals surface area contributed by atoms with Crippen molar-refractivity contribution in [3.63, 3.8) is 0 Å². The molecule has 0 spiro atoms. The number of pyridine rings is 1. The molecule has 1 aliphatic heterocycles. The summed E-state index contributed by atoms with van der Waals surface area (Å²) < 4.78 is 35.1. The minimum atomic E-state index is -1.12. The Morgan fingerprint density at radius 3 is 2.67 bits per heavy atom. The minimum Gasteiger partial charge on any atom is -0.373 e. The van der Waals surface area contributed by atoms with Crippen LogP contribution < -0.4 is 0 Å². The number of aromatic nitrogens is 5. The third kappa shape index (κ3) is 4.16. The Morgan fingerprint density at radius 2 is 1.85 bits per heavy atom. The lowest BCUT2D eigenvalue weighted by atomic mass is 9.91. The van der Waals surface area contributed by atoms with Gasteiger partial charge in [0.1, 0.15) is 17.0 Å². The number of hydrogen-bond donors (Lipinski definition) is 0. The van der Waals surface area contributed by atoms with E-state index in [9.17, 15) is 8.78 Å². The zero-order valence-corrected chi connectivity index (χ0v) is 18.8. The van der Waals surface area contributed by atoms with E-state index in [4.69, 9.17) is 16.3 Å². The quantitative estimate of drug-likeness (QED) is 0.362. The third-order valence-corrected chi connectivity index (χ3v) is 6.07. The molecule has 33 heavy (non-hydrogen) atoms. The van der Waals surface area contributed by atoms with Crippen molar-refractivity contribution < 1.29 is 13.5 Å². The third-order valence-electron chi connectivity index (χ3n) is 5.78. The van der Waals surface area contributed by atoms with Crippen LogP contribution in [0.25, 0.3) is 22.4 Å². The van der Waals surface area contributed by atoms with Gasteiger partial charge in [0.05, 0.1) is 16.8 Å². The Hall–Kier alpha value is -3.10. The maximum absolute atomic E-state index is 14.9. The average molecular weight is 468 g/mol. The zero-order chi connectivity index (χ0) is 23.1. The molecule has 6 nitrogen and oxygen atoms in total. The number of hydrogen-bond acceptors (Lipinski definition) is 6. The van der Waals surface area contributed by atoms with Gasteiger partial charge in [-0.05, 0) is 56.5 Å². The second-order valence-electron chi connectivity index (χ2n) is 8.15. The SMILES string of the molecule is Cc1cc(C2CC(c3nc(-c4ccc(Cl)c(F)c4F)c4ncc(C)nc4n3)CCO2)ccn1. The zero-order valence-electron chi connectivity index (χ0n) is 18.0. The van der Waals surface area contributed by atoms with Crippen molar-refractivity contribution in [2.24, 2.45) is 0 Å². The summed E-state index contributed by atoms with van der Waals surface area (Å²) in [5.41, 5.74) is 3.42. The van der Waals surface area contributed by atoms with Gasteiger partial charge in [0, 0.05) is 36.2 Å². The molecule has 1 fully saturated rings. The number of benzene rings is 1. The summed E-state index contributed by atoms with van der Waals surface area (Å²) in [6, 6.07) is 6.65. The normalized spacial score (nSPS) is 18.6. The van der Waals surface area contributed by atoms with Crippen molar-refractivity contribution in [1.29, 1.82) is 0 Å². The highest BCUT2D eigenvalue weighted by atomic mass is 35.5. The van der Waals surface area contributed by atoms with E-state index in [1.54, 1.807) is 19.3 Å². The van der Waals surface area contributed by atoms with Crippen LogP contribution in [0.4, 0.5) is 8.78 Å². The number of fused-ring (bicyclic) bond motifs is 1. The Balaban J connectivity index is 1.61. The largest absolute Gasteiger partial charge is 0.373 e. The Bertz CT molecular complexity index is 1370. The second-order valence-corrected chi connectivity index (χ2v) is 8.56. The summed E-state index contributed by atoms with van der Waals surface area (Å²) in [5.74, 6) is -1.75. The van der Waals surface area contributed by atoms with Crippen molar-refractivity contribution in [2.45, 2.75) is 38.7 Å². The van der Waals surface area contributed by atoms with Crippen LogP contribution in [0.5, 0.6) is 0 Å². The van der Waals surface area contributed by atoms with Crippen LogP contribution in [-0.2, 0) is 4.74 Å². The monoisotopic (exact) mass is 467 g/mol. The maximum Gasteiger partial charge on any atom is 0.182 e. The molecule has 1 saturated heterocycles. The van der Waals surface area contributed by atoms with Gasteiger partial charge in [-0.2, -0.15) is 0 Å². The first-order valence-corrected chi connectivity index (χ1v) is 11.0. The summed E-state index contributed by atoms with van der Waals surface area (Å²) in [5, 5.41) is -0.295. The highest BCUT2D eigenvalue weighted by molar-refractivity contribution is 6.30. The second kappa shape index (κ2) is 8.68. The molecule has 0 radical (unpaired) electrons. The van der Waals surface area contributed by atoms with Gasteiger partial charge < -0.3 is 4.74 Å². The van der Waals surface area contributed by atoms with E-state index in [-0.39, 0.29) is 28.3 Å². The van der Waals surface area contributed by atoms with Crippen molar-refractivity contribution in [1.82, 2.24) is 24.9 Å². The number of halogens is 3. The summed E-state index contributed by atoms with van der Waals surface area (Å²) >= 11 is 5.76. The molecular weight excluding hydrogens is 448 g/mol. The molecule has 3 aromatic heterocycles. The van der Waals surface area contributed by atoms with Crippen LogP contribution in [0.2, 0.25) is 5.02 Å². The molecule has 2 unspecified atom stereocenters. The van der Waals surface area contributed by atoms with Gasteiger partial charge in [-0.3, -0.25) is 4.98 Å². The van der Waals surface area contributed by atoms with Crippen LogP contribution >= 0.6 is 11.6 Å². The predicted molar refractivity (Wildman–Crippen MR) is 120 cm³/mol. The van der Waals surface area contributed by atoms with Crippen molar-refractivity contribution in [3.05, 3.63) is 76.1 Å². The Morgan fingerprint density at radius 1 is 1.00 bits per heavy atom. The van der Waals surface area contributed by atoms with Gasteiger partial charge >= 0.3 is 0 Å². The Kier molecular flexibility index (Phi) is 5.72. The summed E-state index contributed by atoms with van der Waals surface area (Å²) in [4.78, 5) is 22.4. The van der Waals surface area contributed by atoms with Crippen LogP contribution in [0.15, 0.2) is 36.7 Å². The van der Waals surface area contributed by atoms with Gasteiger partial charge in [-0.25, -0.2) is 28.7 Å². The lowest BCUT2D eigenvalue weighted by Crippen LogP contribution is -2.21. The number of aryl methyl sites for hydroxylation is 2. The van der Waals surface area contributed by atoms with Crippen LogP contribution in [-0.4, -0.2) is 31.5 Å². The summed E-state index contributed by atoms with van der Waals surface area (Å²) in [7, 11) is 0. The predicted octanol–water partition coefficient (Wildman–Crippen LogP) is 5.67. The number of rotatable bonds is 3. The molecular formula is C24H20ClF2N5O. The highest BCUT2D eigenvalue weighted by Crippen LogP contribution is 2.38. The van der Waals surface area contributed by atoms with E-state index in [0.717, 1.165) is 11.3 Å². The van der Waals surface area contributed by atoms with Crippen molar-refractivity contribution >= 4 is 22.8 Å². The molecule has 0 aliphatic carbocycles. The van der Waals surface area contributed by atoms with Gasteiger partial charge in [0.2, 0.25) is 0 Å². The fourth-order valence-corrected chi connectivity index (χ4v) is 4.27. The minimum absolute atomic E-state index is 0.0305. The highest BCUT2D eigenvalue weighted by Gasteiger charge is 2.29. The first kappa shape index (κ1) is 21.7. The standard InChI is InChI=1S/C24H20ClF2N5O/c1-12-9-14(5-7-28-12)18-10-15(6-8-33-18)23-31-21(16-3-4-17(25)20(27)19(16)26)22-24(32-23)30-13(2)11-29-22/h3-5,7,9,11,15,18H,6,8,10H2,1-2H3. The molecule has 1 aromatic carbocycles. The van der Waals surface area contributed by atoms with Gasteiger partial charge in [-0.15, -0.1) is 0 Å². The van der Waals surface area contributed by atoms with Gasteiger partial charge in [0.25, 0.3) is 0 Å². The van der Waals surface area contributed by atoms with Crippen molar-refractivity contribution in [3.8, 4) is 11.3 Å². The van der Waals surface area contributed by atoms with Crippen molar-refractivity contribution in [2.75, 3.05) is 6.61 Å². The van der Waals surface area contributed by atoms with Crippen LogP contribution in [0, 0.1) is 25.5 Å². The van der Waals surface area contributed by atoms with E-state index < -0.39 is 11.6 Å². The fourth-order valence-electron chi connectivity index (χ4n) is 4.12. The molecule has 0 N–H and O–H groups in total. The van der Waals surface area contributed by atoms with Crippen LogP contribution in [0.3, 0.4) is 0 Å². The topological polar surface area (TPSA) is 73.7 Å². The molecule has 168 valence electrons. The molecule has 9 heteroatoms. The Labute approximate surface area is 194 Å². The molecule has 4 aromatic rings. The molecule has 4 heterocycles. The summed E-state index contributed by atoms with van der Waals surface area (Å²) in [6.45, 7) is 4.26. The van der Waals surface area contributed by atoms with Gasteiger partial charge in [-0.1, -0.05) is 11.6 Å². The molecule has 2 atom stereocenters. The summed E-state index contributed by atoms with van der Waals surface area (Å²) in [6.07, 6.45) is 4.52. The lowest BCUT2D eigenvalue weighted by molar-refractivity contribution is 0.00393. The van der Waals surface area contributed by atoms with E-state index >= 15 is 0 Å². The van der Waals surface area contributed by atoms with E-state index in [1.807, 2.05) is 19.1 Å². The first-order chi connectivity index (χ1) is 15.9. The molecule has 5 rings (SSSR count). The van der Waals surface area contributed by atoms with E-state index in [2.05, 4.69) is 24.9 Å². The smallest absolute Gasteiger partial charge is 0.182 e. The number of nitrogens with zero attached hydrogens (tertiary/aromatic N) is 5. The molecule has 0 bridgehead atoms. The van der Waals surface area contributed by atoms with E-state index in [0.29, 0.717) is 42.1 Å². The lowest BCUT2D eigenvalue weighted by Gasteiger charge is -2.29. The van der Waals surface area contributed by atoms with Gasteiger partial charge in [0.15, 0.2) is 17.3 Å². The van der Waals surface area contributed by atoms with Crippen LogP contribution in [0.1, 0.15) is 47.6 Å².